The minimum Gasteiger partial charge on any atom is -0.477 e. The van der Waals surface area contributed by atoms with Gasteiger partial charge in [-0.3, -0.25) is 9.69 Å². The van der Waals surface area contributed by atoms with Crippen molar-refractivity contribution in [3.05, 3.63) is 45.1 Å². The first kappa shape index (κ1) is 19.8. The van der Waals surface area contributed by atoms with Gasteiger partial charge in [-0.05, 0) is 29.3 Å². The van der Waals surface area contributed by atoms with Crippen LogP contribution < -0.4 is 5.32 Å². The average Bonchev–Trinajstić information content (AvgIpc) is 2.61. The molecule has 0 radical (unpaired) electrons. The van der Waals surface area contributed by atoms with Gasteiger partial charge in [-0.15, -0.1) is 23.4 Å². The number of carboxylic acids is 1. The summed E-state index contributed by atoms with van der Waals surface area (Å²) in [5.74, 6) is -0.938. The molecule has 0 bridgehead atoms. The number of nitrogens with one attached hydrogen (secondary N) is 1. The van der Waals surface area contributed by atoms with Crippen LogP contribution in [0.15, 0.2) is 29.5 Å². The quantitative estimate of drug-likeness (QED) is 0.407. The number of fused-ring (bicyclic) bond motifs is 1. The second-order valence-corrected chi connectivity index (χ2v) is 8.47. The molecule has 1 aromatic rings. The summed E-state index contributed by atoms with van der Waals surface area (Å²) < 4.78 is 0. The standard InChI is InChI=1S/C16H13Cl3N2O3S2/c17-5-8-6-26-15-12(14(22)21(15)13(8)16(23)24)20-11(25)4-7-3-9(18)1-2-10(7)19/h1-3,12,15H,4-6H2,(H,20,25)(H,23,24)/t12?,15-/m1/s1. The number of carboxylic acid groups (broad SMARTS) is 1. The smallest absolute Gasteiger partial charge is 0.352 e. The largest absolute Gasteiger partial charge is 0.477 e. The molecule has 0 aliphatic carbocycles. The highest BCUT2D eigenvalue weighted by Crippen LogP contribution is 2.40. The normalized spacial score (nSPS) is 22.0. The van der Waals surface area contributed by atoms with Gasteiger partial charge in [0.1, 0.15) is 17.1 Å². The van der Waals surface area contributed by atoms with Gasteiger partial charge in [0.25, 0.3) is 5.91 Å². The van der Waals surface area contributed by atoms with Crippen LogP contribution >= 0.6 is 58.8 Å². The Morgan fingerprint density at radius 1 is 1.42 bits per heavy atom. The lowest BCUT2D eigenvalue weighted by molar-refractivity contribution is -0.148. The molecule has 26 heavy (non-hydrogen) atoms. The van der Waals surface area contributed by atoms with Gasteiger partial charge in [-0.2, -0.15) is 0 Å². The average molecular weight is 452 g/mol. The van der Waals surface area contributed by atoms with Crippen molar-refractivity contribution in [2.24, 2.45) is 0 Å². The molecule has 1 saturated heterocycles. The van der Waals surface area contributed by atoms with Crippen LogP contribution in [0.1, 0.15) is 5.56 Å². The van der Waals surface area contributed by atoms with E-state index in [0.717, 1.165) is 5.56 Å². The number of aliphatic carboxylic acids is 1. The molecule has 1 unspecified atom stereocenters. The maximum absolute atomic E-state index is 12.5. The maximum atomic E-state index is 12.5. The number of thiocarbonyl (C=S) groups is 1. The van der Waals surface area contributed by atoms with E-state index in [9.17, 15) is 14.7 Å². The Balaban J connectivity index is 1.70. The molecule has 138 valence electrons. The maximum Gasteiger partial charge on any atom is 0.352 e. The number of thioether (sulfide) groups is 1. The molecule has 2 atom stereocenters. The third-order valence-electron chi connectivity index (χ3n) is 4.09. The van der Waals surface area contributed by atoms with E-state index in [1.54, 1.807) is 18.2 Å². The number of rotatable bonds is 5. The molecule has 5 nitrogen and oxygen atoms in total. The van der Waals surface area contributed by atoms with E-state index in [4.69, 9.17) is 47.0 Å². The summed E-state index contributed by atoms with van der Waals surface area (Å²) in [6.07, 6.45) is 0.338. The van der Waals surface area contributed by atoms with Gasteiger partial charge in [-0.25, -0.2) is 4.79 Å². The predicted molar refractivity (Wildman–Crippen MR) is 108 cm³/mol. The summed E-state index contributed by atoms with van der Waals surface area (Å²) in [7, 11) is 0. The SMILES string of the molecule is O=C(O)C1=C(CCl)CS[C@@H]2C(NC(=S)Cc3cc(Cl)ccc3Cl)C(=O)N12. The first-order valence-electron chi connectivity index (χ1n) is 7.52. The predicted octanol–water partition coefficient (Wildman–Crippen LogP) is 3.31. The topological polar surface area (TPSA) is 69.6 Å². The van der Waals surface area contributed by atoms with Crippen LogP contribution in [-0.4, -0.2) is 49.9 Å². The molecular formula is C16H13Cl3N2O3S2. The van der Waals surface area contributed by atoms with Crippen LogP contribution in [-0.2, 0) is 16.0 Å². The fraction of sp³-hybridized carbons (Fsp3) is 0.312. The number of carbonyl (C=O) groups is 2. The molecule has 2 heterocycles. The zero-order valence-electron chi connectivity index (χ0n) is 13.2. The van der Waals surface area contributed by atoms with Crippen molar-refractivity contribution < 1.29 is 14.7 Å². The minimum atomic E-state index is -1.15. The molecule has 1 aromatic carbocycles. The van der Waals surface area contributed by atoms with Crippen LogP contribution in [0, 0.1) is 0 Å². The summed E-state index contributed by atoms with van der Waals surface area (Å²) in [5.41, 5.74) is 1.28. The van der Waals surface area contributed by atoms with Crippen molar-refractivity contribution in [3.8, 4) is 0 Å². The van der Waals surface area contributed by atoms with E-state index >= 15 is 0 Å². The van der Waals surface area contributed by atoms with Crippen LogP contribution in [0.4, 0.5) is 0 Å². The molecule has 3 rings (SSSR count). The lowest BCUT2D eigenvalue weighted by Gasteiger charge is -2.49. The Kier molecular flexibility index (Phi) is 6.04. The Labute approximate surface area is 174 Å². The molecule has 1 fully saturated rings. The highest BCUT2D eigenvalue weighted by molar-refractivity contribution is 8.00. The molecule has 2 aliphatic heterocycles. The monoisotopic (exact) mass is 450 g/mol. The van der Waals surface area contributed by atoms with Crippen molar-refractivity contribution in [2.75, 3.05) is 11.6 Å². The highest BCUT2D eigenvalue weighted by Gasteiger charge is 2.53. The van der Waals surface area contributed by atoms with Crippen molar-refractivity contribution in [1.82, 2.24) is 10.2 Å². The van der Waals surface area contributed by atoms with Gasteiger partial charge in [0.2, 0.25) is 0 Å². The number of hydrogen-bond donors (Lipinski definition) is 2. The molecule has 2 N–H and O–H groups in total. The molecular weight excluding hydrogens is 439 g/mol. The van der Waals surface area contributed by atoms with E-state index in [1.165, 1.54) is 16.7 Å². The first-order valence-corrected chi connectivity index (χ1v) is 10.3. The van der Waals surface area contributed by atoms with Gasteiger partial charge in [0.05, 0.1) is 4.99 Å². The molecule has 0 saturated carbocycles. The third-order valence-corrected chi connectivity index (χ3v) is 6.61. The van der Waals surface area contributed by atoms with Crippen molar-refractivity contribution in [2.45, 2.75) is 17.8 Å². The van der Waals surface area contributed by atoms with Crippen molar-refractivity contribution in [3.63, 3.8) is 0 Å². The minimum absolute atomic E-state index is 0.0180. The van der Waals surface area contributed by atoms with Crippen LogP contribution in [0.25, 0.3) is 0 Å². The number of β-lactam (4-membered cyclic amide) rings is 1. The molecule has 1 amide bonds. The summed E-state index contributed by atoms with van der Waals surface area (Å²) in [4.78, 5) is 25.7. The lowest BCUT2D eigenvalue weighted by atomic mass is 10.0. The fourth-order valence-corrected chi connectivity index (χ4v) is 5.20. The summed E-state index contributed by atoms with van der Waals surface area (Å²) in [6, 6.07) is 4.52. The van der Waals surface area contributed by atoms with Crippen LogP contribution in [0.2, 0.25) is 10.0 Å². The summed E-state index contributed by atoms with van der Waals surface area (Å²) >= 11 is 24.7. The van der Waals surface area contributed by atoms with Gasteiger partial charge in [-0.1, -0.05) is 35.4 Å². The van der Waals surface area contributed by atoms with E-state index in [2.05, 4.69) is 5.32 Å². The third kappa shape index (κ3) is 3.68. The van der Waals surface area contributed by atoms with Gasteiger partial charge < -0.3 is 10.4 Å². The van der Waals surface area contributed by atoms with Crippen LogP contribution in [0.5, 0.6) is 0 Å². The Bertz CT molecular complexity index is 831. The van der Waals surface area contributed by atoms with E-state index in [1.807, 2.05) is 0 Å². The Hall–Kier alpha value is -0.990. The van der Waals surface area contributed by atoms with Gasteiger partial charge in [0, 0.05) is 28.1 Å². The zero-order chi connectivity index (χ0) is 19.0. The summed E-state index contributed by atoms with van der Waals surface area (Å²) in [6.45, 7) is 0. The number of carbonyl (C=O) groups excluding carboxylic acids is 1. The zero-order valence-corrected chi connectivity index (χ0v) is 17.1. The number of nitrogens with zero attached hydrogens (tertiary/aromatic N) is 1. The molecule has 2 aliphatic rings. The van der Waals surface area contributed by atoms with Gasteiger partial charge >= 0.3 is 5.97 Å². The number of amides is 1. The highest BCUT2D eigenvalue weighted by atomic mass is 35.5. The molecule has 10 heteroatoms. The van der Waals surface area contributed by atoms with Gasteiger partial charge in [0.15, 0.2) is 0 Å². The lowest BCUT2D eigenvalue weighted by Crippen LogP contribution is -2.70. The summed E-state index contributed by atoms with van der Waals surface area (Å²) in [5, 5.41) is 13.2. The second kappa shape index (κ2) is 7.94. The second-order valence-electron chi connectivity index (χ2n) is 5.76. The van der Waals surface area contributed by atoms with Crippen molar-refractivity contribution in [1.29, 1.82) is 0 Å². The Morgan fingerprint density at radius 2 is 2.15 bits per heavy atom. The first-order chi connectivity index (χ1) is 12.3. The van der Waals surface area contributed by atoms with E-state index in [-0.39, 0.29) is 22.9 Å². The Morgan fingerprint density at radius 3 is 2.81 bits per heavy atom. The van der Waals surface area contributed by atoms with E-state index < -0.39 is 12.0 Å². The van der Waals surface area contributed by atoms with Crippen molar-refractivity contribution >= 4 is 75.6 Å². The number of alkyl halides is 1. The molecule has 0 aromatic heterocycles. The van der Waals surface area contributed by atoms with Crippen LogP contribution in [0.3, 0.4) is 0 Å². The number of halogens is 3. The molecule has 0 spiro atoms. The number of hydrogen-bond acceptors (Lipinski definition) is 4. The fourth-order valence-electron chi connectivity index (χ4n) is 2.86. The van der Waals surface area contributed by atoms with E-state index in [0.29, 0.717) is 32.8 Å². The number of benzene rings is 1.